The van der Waals surface area contributed by atoms with Crippen molar-refractivity contribution in [3.05, 3.63) is 23.5 Å². The molecule has 0 radical (unpaired) electrons. The van der Waals surface area contributed by atoms with Crippen molar-refractivity contribution in [3.63, 3.8) is 0 Å². The van der Waals surface area contributed by atoms with Crippen LogP contribution in [0.2, 0.25) is 0 Å². The van der Waals surface area contributed by atoms with Crippen molar-refractivity contribution in [2.75, 3.05) is 0 Å². The van der Waals surface area contributed by atoms with Gasteiger partial charge in [0, 0.05) is 18.5 Å². The van der Waals surface area contributed by atoms with Crippen molar-refractivity contribution in [3.8, 4) is 0 Å². The quantitative estimate of drug-likeness (QED) is 0.702. The molecule has 0 aromatic carbocycles. The van der Waals surface area contributed by atoms with Crippen LogP contribution in [-0.4, -0.2) is 32.4 Å². The normalized spacial score (nSPS) is 21.1. The van der Waals surface area contributed by atoms with Gasteiger partial charge in [0.15, 0.2) is 5.82 Å². The summed E-state index contributed by atoms with van der Waals surface area (Å²) < 4.78 is 11.3. The van der Waals surface area contributed by atoms with Gasteiger partial charge in [-0.25, -0.2) is 0 Å². The molecule has 8 nitrogen and oxygen atoms in total. The van der Waals surface area contributed by atoms with Gasteiger partial charge in [0.1, 0.15) is 0 Å². The van der Waals surface area contributed by atoms with E-state index in [1.807, 2.05) is 6.92 Å². The smallest absolute Gasteiger partial charge is 0.246 e. The van der Waals surface area contributed by atoms with Crippen LogP contribution in [0.25, 0.3) is 0 Å². The summed E-state index contributed by atoms with van der Waals surface area (Å²) in [6, 6.07) is 0.698. The second-order valence-electron chi connectivity index (χ2n) is 8.20. The van der Waals surface area contributed by atoms with Crippen LogP contribution >= 0.6 is 0 Å². The summed E-state index contributed by atoms with van der Waals surface area (Å²) in [5.74, 6) is 2.84. The van der Waals surface area contributed by atoms with E-state index < -0.39 is 0 Å². The highest BCUT2D eigenvalue weighted by atomic mass is 16.5. The van der Waals surface area contributed by atoms with E-state index in [9.17, 15) is 0 Å². The van der Waals surface area contributed by atoms with Gasteiger partial charge in [-0.1, -0.05) is 5.16 Å². The molecule has 2 aliphatic rings. The largest absolute Gasteiger partial charge is 0.423 e. The summed E-state index contributed by atoms with van der Waals surface area (Å²) in [7, 11) is 0. The molecule has 2 aromatic heterocycles. The van der Waals surface area contributed by atoms with Gasteiger partial charge in [0.05, 0.1) is 11.1 Å². The summed E-state index contributed by atoms with van der Waals surface area (Å²) in [6.45, 7) is 8.30. The number of nitrogens with zero attached hydrogens (tertiary/aromatic N) is 4. The van der Waals surface area contributed by atoms with Crippen molar-refractivity contribution in [2.45, 2.75) is 89.4 Å². The van der Waals surface area contributed by atoms with Crippen molar-refractivity contribution >= 4 is 0 Å². The maximum atomic E-state index is 5.94. The fourth-order valence-electron chi connectivity index (χ4n) is 3.57. The van der Waals surface area contributed by atoms with Gasteiger partial charge in [-0.15, -0.1) is 10.2 Å². The molecule has 2 heterocycles. The Labute approximate surface area is 153 Å². The molecule has 1 atom stereocenters. The van der Waals surface area contributed by atoms with Crippen LogP contribution in [0.1, 0.15) is 76.4 Å². The standard InChI is InChI=1S/C18H28N6O2/c1-11(2)20-18(9-10-18)16-23-22-14(25-16)6-5-12(3)21-17(7-8-17)15-19-13(4)24-26-15/h11-12,20-21H,5-10H2,1-4H3. The molecule has 4 rings (SSSR count). The molecule has 0 bridgehead atoms. The van der Waals surface area contributed by atoms with Gasteiger partial charge in [-0.05, 0) is 59.8 Å². The number of rotatable bonds is 9. The Hall–Kier alpha value is -1.80. The van der Waals surface area contributed by atoms with Gasteiger partial charge in [0.25, 0.3) is 0 Å². The summed E-state index contributed by atoms with van der Waals surface area (Å²) in [4.78, 5) is 4.39. The lowest BCUT2D eigenvalue weighted by atomic mass is 10.1. The molecule has 0 amide bonds. The van der Waals surface area contributed by atoms with Crippen molar-refractivity contribution in [1.29, 1.82) is 0 Å². The topological polar surface area (TPSA) is 102 Å². The molecule has 2 saturated carbocycles. The van der Waals surface area contributed by atoms with E-state index in [2.05, 4.69) is 51.7 Å². The van der Waals surface area contributed by atoms with Crippen molar-refractivity contribution < 1.29 is 8.94 Å². The first-order chi connectivity index (χ1) is 12.4. The zero-order valence-corrected chi connectivity index (χ0v) is 16.0. The summed E-state index contributed by atoms with van der Waals surface area (Å²) >= 11 is 0. The van der Waals surface area contributed by atoms with Crippen LogP contribution in [0.5, 0.6) is 0 Å². The highest BCUT2D eigenvalue weighted by Crippen LogP contribution is 2.46. The Kier molecular flexibility index (Phi) is 4.35. The highest BCUT2D eigenvalue weighted by molar-refractivity contribution is 5.15. The average Bonchev–Trinajstić information content (AvgIpc) is 3.42. The molecule has 8 heteroatoms. The van der Waals surface area contributed by atoms with E-state index in [-0.39, 0.29) is 11.1 Å². The third kappa shape index (κ3) is 3.53. The molecule has 142 valence electrons. The number of aryl methyl sites for hydroxylation is 2. The van der Waals surface area contributed by atoms with Gasteiger partial charge in [-0.2, -0.15) is 4.98 Å². The third-order valence-corrected chi connectivity index (χ3v) is 5.19. The first kappa shape index (κ1) is 17.6. The van der Waals surface area contributed by atoms with Gasteiger partial charge in [-0.3, -0.25) is 0 Å². The van der Waals surface area contributed by atoms with E-state index in [1.54, 1.807) is 0 Å². The van der Waals surface area contributed by atoms with Gasteiger partial charge >= 0.3 is 0 Å². The van der Waals surface area contributed by atoms with E-state index in [0.29, 0.717) is 29.7 Å². The lowest BCUT2D eigenvalue weighted by Gasteiger charge is -2.19. The fraction of sp³-hybridized carbons (Fsp3) is 0.778. The number of nitrogens with one attached hydrogen (secondary N) is 2. The number of hydrogen-bond donors (Lipinski definition) is 2. The minimum atomic E-state index is -0.139. The summed E-state index contributed by atoms with van der Waals surface area (Å²) in [5, 5.41) is 19.6. The van der Waals surface area contributed by atoms with E-state index >= 15 is 0 Å². The van der Waals surface area contributed by atoms with Crippen molar-refractivity contribution in [2.24, 2.45) is 0 Å². The zero-order chi connectivity index (χ0) is 18.4. The molecule has 2 aliphatic carbocycles. The molecule has 2 N–H and O–H groups in total. The van der Waals surface area contributed by atoms with Crippen LogP contribution in [0.15, 0.2) is 8.94 Å². The molecule has 0 saturated heterocycles. The van der Waals surface area contributed by atoms with Gasteiger partial charge in [0.2, 0.25) is 17.7 Å². The Morgan fingerprint density at radius 2 is 1.69 bits per heavy atom. The number of hydrogen-bond acceptors (Lipinski definition) is 8. The van der Waals surface area contributed by atoms with Crippen LogP contribution in [0.3, 0.4) is 0 Å². The second-order valence-corrected chi connectivity index (χ2v) is 8.20. The third-order valence-electron chi connectivity index (χ3n) is 5.19. The maximum absolute atomic E-state index is 5.94. The molecule has 0 aliphatic heterocycles. The monoisotopic (exact) mass is 360 g/mol. The molecule has 0 spiro atoms. The molecule has 26 heavy (non-hydrogen) atoms. The van der Waals surface area contributed by atoms with Crippen LogP contribution in [0.4, 0.5) is 0 Å². The molecular weight excluding hydrogens is 332 g/mol. The molecular formula is C18H28N6O2. The predicted molar refractivity (Wildman–Crippen MR) is 94.3 cm³/mol. The average molecular weight is 360 g/mol. The molecule has 1 unspecified atom stereocenters. The van der Waals surface area contributed by atoms with E-state index in [4.69, 9.17) is 8.94 Å². The Morgan fingerprint density at radius 1 is 1.00 bits per heavy atom. The molecule has 2 fully saturated rings. The zero-order valence-electron chi connectivity index (χ0n) is 16.0. The van der Waals surface area contributed by atoms with Crippen LogP contribution < -0.4 is 10.6 Å². The summed E-state index contributed by atoms with van der Waals surface area (Å²) in [6.07, 6.45) is 5.88. The lowest BCUT2D eigenvalue weighted by Crippen LogP contribution is -2.37. The van der Waals surface area contributed by atoms with Crippen molar-refractivity contribution in [1.82, 2.24) is 31.0 Å². The molecule has 2 aromatic rings. The van der Waals surface area contributed by atoms with E-state index in [1.165, 1.54) is 0 Å². The predicted octanol–water partition coefficient (Wildman–Crippen LogP) is 2.35. The SMILES string of the molecule is Cc1noc(C2(NC(C)CCc3nnc(C4(NC(C)C)CC4)o3)CC2)n1. The van der Waals surface area contributed by atoms with Crippen LogP contribution in [0, 0.1) is 6.92 Å². The Morgan fingerprint density at radius 3 is 2.27 bits per heavy atom. The van der Waals surface area contributed by atoms with Crippen LogP contribution in [-0.2, 0) is 17.5 Å². The maximum Gasteiger partial charge on any atom is 0.246 e. The first-order valence-corrected chi connectivity index (χ1v) is 9.60. The van der Waals surface area contributed by atoms with Gasteiger partial charge < -0.3 is 19.6 Å². The minimum absolute atomic E-state index is 0.0861. The Balaban J connectivity index is 1.31. The summed E-state index contributed by atoms with van der Waals surface area (Å²) in [5.41, 5.74) is -0.225. The highest BCUT2D eigenvalue weighted by Gasteiger charge is 2.50. The minimum Gasteiger partial charge on any atom is -0.423 e. The lowest BCUT2D eigenvalue weighted by molar-refractivity contribution is 0.294. The first-order valence-electron chi connectivity index (χ1n) is 9.60. The Bertz CT molecular complexity index is 759. The second kappa shape index (κ2) is 6.42. The number of aromatic nitrogens is 4. The fourth-order valence-corrected chi connectivity index (χ4v) is 3.57. The van der Waals surface area contributed by atoms with E-state index in [0.717, 1.165) is 44.4 Å².